The number of hydrogen-bond acceptors (Lipinski definition) is 3. The van der Waals surface area contributed by atoms with Crippen LogP contribution in [0.2, 0.25) is 0 Å². The average Bonchev–Trinajstić information content (AvgIpc) is 2.87. The van der Waals surface area contributed by atoms with Crippen LogP contribution in [0.4, 0.5) is 5.69 Å². The summed E-state index contributed by atoms with van der Waals surface area (Å²) in [6, 6.07) is 10.1. The van der Waals surface area contributed by atoms with Gasteiger partial charge in [0.2, 0.25) is 5.91 Å². The molecule has 1 heterocycles. The van der Waals surface area contributed by atoms with Gasteiger partial charge in [0.1, 0.15) is 0 Å². The third kappa shape index (κ3) is 3.58. The third-order valence-corrected chi connectivity index (χ3v) is 3.88. The molecule has 4 heteroatoms. The van der Waals surface area contributed by atoms with Gasteiger partial charge in [-0.25, -0.2) is 0 Å². The predicted octanol–water partition coefficient (Wildman–Crippen LogP) is 1.71. The second-order valence-corrected chi connectivity index (χ2v) is 5.82. The number of carbonyl (C=O) groups excluding carboxylic acids is 1. The summed E-state index contributed by atoms with van der Waals surface area (Å²) in [5.41, 5.74) is 6.68. The average molecular weight is 275 g/mol. The van der Waals surface area contributed by atoms with Gasteiger partial charge in [-0.3, -0.25) is 9.69 Å². The van der Waals surface area contributed by atoms with Gasteiger partial charge < -0.3 is 10.6 Å². The minimum Gasteiger partial charge on any atom is -0.330 e. The molecule has 2 N–H and O–H groups in total. The predicted molar refractivity (Wildman–Crippen MR) is 82.7 cm³/mol. The van der Waals surface area contributed by atoms with Crippen LogP contribution in [0.15, 0.2) is 30.3 Å². The summed E-state index contributed by atoms with van der Waals surface area (Å²) >= 11 is 0. The van der Waals surface area contributed by atoms with Gasteiger partial charge in [-0.1, -0.05) is 18.2 Å². The van der Waals surface area contributed by atoms with Crippen molar-refractivity contribution in [2.45, 2.75) is 26.3 Å². The molecule has 1 unspecified atom stereocenters. The molecular formula is C16H25N3O. The van der Waals surface area contributed by atoms with Gasteiger partial charge in [0.25, 0.3) is 0 Å². The first-order valence-corrected chi connectivity index (χ1v) is 7.41. The minimum atomic E-state index is 0.165. The van der Waals surface area contributed by atoms with E-state index in [4.69, 9.17) is 5.73 Å². The van der Waals surface area contributed by atoms with Gasteiger partial charge in [0.15, 0.2) is 0 Å². The Bertz CT molecular complexity index is 433. The second-order valence-electron chi connectivity index (χ2n) is 5.82. The minimum absolute atomic E-state index is 0.165. The van der Waals surface area contributed by atoms with Gasteiger partial charge in [0, 0.05) is 18.3 Å². The Balaban J connectivity index is 2.02. The number of carbonyl (C=O) groups is 1. The van der Waals surface area contributed by atoms with E-state index in [0.29, 0.717) is 12.5 Å². The van der Waals surface area contributed by atoms with Crippen molar-refractivity contribution < 1.29 is 4.79 Å². The molecule has 2 rings (SSSR count). The molecule has 0 spiro atoms. The Morgan fingerprint density at radius 1 is 1.40 bits per heavy atom. The molecule has 0 bridgehead atoms. The van der Waals surface area contributed by atoms with E-state index in [1.165, 1.54) is 0 Å². The Labute approximate surface area is 121 Å². The molecule has 1 aromatic carbocycles. The molecule has 1 aliphatic rings. The lowest BCUT2D eigenvalue weighted by atomic mass is 10.1. The maximum Gasteiger partial charge on any atom is 0.241 e. The van der Waals surface area contributed by atoms with Crippen molar-refractivity contribution in [1.29, 1.82) is 0 Å². The summed E-state index contributed by atoms with van der Waals surface area (Å²) in [5.74, 6) is 0.718. The SMILES string of the molecule is CC(C)N(C(=O)CN1CCC(CN)C1)c1ccccc1. The molecule has 0 aliphatic carbocycles. The quantitative estimate of drug-likeness (QED) is 0.890. The van der Waals surface area contributed by atoms with E-state index in [9.17, 15) is 4.79 Å². The van der Waals surface area contributed by atoms with Crippen LogP contribution in [-0.4, -0.2) is 43.0 Å². The Morgan fingerprint density at radius 3 is 2.65 bits per heavy atom. The third-order valence-electron chi connectivity index (χ3n) is 3.88. The molecule has 1 fully saturated rings. The molecule has 1 aromatic rings. The molecular weight excluding hydrogens is 250 g/mol. The van der Waals surface area contributed by atoms with Crippen LogP contribution in [0.5, 0.6) is 0 Å². The van der Waals surface area contributed by atoms with E-state index in [1.807, 2.05) is 35.2 Å². The van der Waals surface area contributed by atoms with Gasteiger partial charge in [-0.2, -0.15) is 0 Å². The number of amides is 1. The van der Waals surface area contributed by atoms with E-state index in [2.05, 4.69) is 18.7 Å². The van der Waals surface area contributed by atoms with Crippen LogP contribution in [0, 0.1) is 5.92 Å². The van der Waals surface area contributed by atoms with Crippen molar-refractivity contribution in [2.75, 3.05) is 31.1 Å². The lowest BCUT2D eigenvalue weighted by Crippen LogP contribution is -2.43. The van der Waals surface area contributed by atoms with Crippen LogP contribution in [0.3, 0.4) is 0 Å². The van der Waals surface area contributed by atoms with Gasteiger partial charge in [-0.15, -0.1) is 0 Å². The van der Waals surface area contributed by atoms with E-state index in [1.54, 1.807) is 0 Å². The first kappa shape index (κ1) is 15.0. The molecule has 4 nitrogen and oxygen atoms in total. The monoisotopic (exact) mass is 275 g/mol. The highest BCUT2D eigenvalue weighted by molar-refractivity contribution is 5.95. The molecule has 0 saturated carbocycles. The van der Waals surface area contributed by atoms with E-state index in [-0.39, 0.29) is 11.9 Å². The van der Waals surface area contributed by atoms with E-state index in [0.717, 1.165) is 31.7 Å². The Morgan fingerprint density at radius 2 is 2.10 bits per heavy atom. The number of nitrogens with two attached hydrogens (primary N) is 1. The second kappa shape index (κ2) is 6.86. The molecule has 1 amide bonds. The van der Waals surface area contributed by atoms with Gasteiger partial charge >= 0.3 is 0 Å². The van der Waals surface area contributed by atoms with Crippen LogP contribution in [0.1, 0.15) is 20.3 Å². The fourth-order valence-corrected chi connectivity index (χ4v) is 2.84. The molecule has 20 heavy (non-hydrogen) atoms. The number of nitrogens with zero attached hydrogens (tertiary/aromatic N) is 2. The molecule has 0 radical (unpaired) electrons. The highest BCUT2D eigenvalue weighted by atomic mass is 16.2. The van der Waals surface area contributed by atoms with Crippen LogP contribution in [0.25, 0.3) is 0 Å². The van der Waals surface area contributed by atoms with Crippen molar-refractivity contribution in [3.8, 4) is 0 Å². The fourth-order valence-electron chi connectivity index (χ4n) is 2.84. The number of anilines is 1. The first-order valence-electron chi connectivity index (χ1n) is 7.41. The Hall–Kier alpha value is -1.39. The highest BCUT2D eigenvalue weighted by Gasteiger charge is 2.26. The first-order chi connectivity index (χ1) is 9.61. The summed E-state index contributed by atoms with van der Waals surface area (Å²) in [4.78, 5) is 16.7. The largest absolute Gasteiger partial charge is 0.330 e. The van der Waals surface area contributed by atoms with E-state index < -0.39 is 0 Å². The molecule has 1 saturated heterocycles. The Kier molecular flexibility index (Phi) is 5.15. The zero-order valence-corrected chi connectivity index (χ0v) is 12.5. The summed E-state index contributed by atoms with van der Waals surface area (Å²) < 4.78 is 0. The van der Waals surface area contributed by atoms with Crippen molar-refractivity contribution in [1.82, 2.24) is 4.90 Å². The molecule has 0 aromatic heterocycles. The maximum atomic E-state index is 12.6. The van der Waals surface area contributed by atoms with Crippen LogP contribution >= 0.6 is 0 Å². The highest BCUT2D eigenvalue weighted by Crippen LogP contribution is 2.19. The van der Waals surface area contributed by atoms with Crippen molar-refractivity contribution in [3.05, 3.63) is 30.3 Å². The topological polar surface area (TPSA) is 49.6 Å². The van der Waals surface area contributed by atoms with Gasteiger partial charge in [-0.05, 0) is 51.4 Å². The number of benzene rings is 1. The number of likely N-dealkylation sites (tertiary alicyclic amines) is 1. The summed E-state index contributed by atoms with van der Waals surface area (Å²) in [6.45, 7) is 7.24. The van der Waals surface area contributed by atoms with Crippen molar-refractivity contribution in [2.24, 2.45) is 11.7 Å². The number of rotatable bonds is 5. The standard InChI is InChI=1S/C16H25N3O/c1-13(2)19(15-6-4-3-5-7-15)16(20)12-18-9-8-14(10-17)11-18/h3-7,13-14H,8-12,17H2,1-2H3. The summed E-state index contributed by atoms with van der Waals surface area (Å²) in [5, 5.41) is 0. The van der Waals surface area contributed by atoms with Crippen molar-refractivity contribution >= 4 is 11.6 Å². The van der Waals surface area contributed by atoms with Crippen LogP contribution in [-0.2, 0) is 4.79 Å². The molecule has 110 valence electrons. The maximum absolute atomic E-state index is 12.6. The fraction of sp³-hybridized carbons (Fsp3) is 0.562. The summed E-state index contributed by atoms with van der Waals surface area (Å²) in [7, 11) is 0. The zero-order valence-electron chi connectivity index (χ0n) is 12.5. The summed E-state index contributed by atoms with van der Waals surface area (Å²) in [6.07, 6.45) is 1.11. The zero-order chi connectivity index (χ0) is 14.5. The molecule has 1 atom stereocenters. The lowest BCUT2D eigenvalue weighted by Gasteiger charge is -2.29. The van der Waals surface area contributed by atoms with Crippen LogP contribution < -0.4 is 10.6 Å². The molecule has 1 aliphatic heterocycles. The number of hydrogen-bond donors (Lipinski definition) is 1. The van der Waals surface area contributed by atoms with E-state index >= 15 is 0 Å². The van der Waals surface area contributed by atoms with Gasteiger partial charge in [0.05, 0.1) is 6.54 Å². The smallest absolute Gasteiger partial charge is 0.241 e. The lowest BCUT2D eigenvalue weighted by molar-refractivity contribution is -0.119. The number of para-hydroxylation sites is 1. The van der Waals surface area contributed by atoms with Crippen molar-refractivity contribution in [3.63, 3.8) is 0 Å². The normalized spacial score (nSPS) is 19.5.